The van der Waals surface area contributed by atoms with E-state index in [1.54, 1.807) is 34.8 Å². The van der Waals surface area contributed by atoms with Gasteiger partial charge in [0.1, 0.15) is 11.5 Å². The standard InChI is InChI=1S/C32H25ClFN5O/c1-20(28-19-29(36-35-28)21-8-4-3-5-9-21)38(2)32(40)22-12-17-26-30(18-22)39(24-15-13-23(34)14-16-24)37-31(26)25-10-6-7-11-27(25)33/h3-20H,1-2H3,(H,35,36). The molecule has 6 rings (SSSR count). The second-order valence-corrected chi connectivity index (χ2v) is 10.0. The highest BCUT2D eigenvalue weighted by molar-refractivity contribution is 6.33. The van der Waals surface area contributed by atoms with E-state index in [0.717, 1.165) is 27.9 Å². The van der Waals surface area contributed by atoms with Crippen molar-refractivity contribution in [1.82, 2.24) is 24.9 Å². The van der Waals surface area contributed by atoms with E-state index in [9.17, 15) is 9.18 Å². The molecule has 0 spiro atoms. The summed E-state index contributed by atoms with van der Waals surface area (Å²) in [5.74, 6) is -0.503. The van der Waals surface area contributed by atoms with Gasteiger partial charge in [0.05, 0.1) is 33.7 Å². The van der Waals surface area contributed by atoms with Crippen LogP contribution in [0.2, 0.25) is 5.02 Å². The van der Waals surface area contributed by atoms with Crippen molar-refractivity contribution in [3.8, 4) is 28.2 Å². The Morgan fingerprint density at radius 2 is 1.68 bits per heavy atom. The Morgan fingerprint density at radius 1 is 0.950 bits per heavy atom. The molecule has 0 aliphatic rings. The van der Waals surface area contributed by atoms with E-state index < -0.39 is 0 Å². The molecule has 0 saturated heterocycles. The second kappa shape index (κ2) is 10.4. The first-order chi connectivity index (χ1) is 19.4. The summed E-state index contributed by atoms with van der Waals surface area (Å²) >= 11 is 6.52. The van der Waals surface area contributed by atoms with Crippen LogP contribution >= 0.6 is 11.6 Å². The third-order valence-electron chi connectivity index (χ3n) is 7.14. The summed E-state index contributed by atoms with van der Waals surface area (Å²) in [5, 5.41) is 13.8. The highest BCUT2D eigenvalue weighted by Gasteiger charge is 2.23. The largest absolute Gasteiger partial charge is 0.333 e. The van der Waals surface area contributed by atoms with Gasteiger partial charge in [-0.05, 0) is 67.1 Å². The van der Waals surface area contributed by atoms with Crippen LogP contribution in [-0.4, -0.2) is 37.8 Å². The Kier molecular flexibility index (Phi) is 6.66. The zero-order valence-electron chi connectivity index (χ0n) is 21.8. The van der Waals surface area contributed by atoms with E-state index in [1.165, 1.54) is 12.1 Å². The quantitative estimate of drug-likeness (QED) is 0.231. The number of rotatable bonds is 6. The summed E-state index contributed by atoms with van der Waals surface area (Å²) in [7, 11) is 1.76. The molecule has 40 heavy (non-hydrogen) atoms. The van der Waals surface area contributed by atoms with Gasteiger partial charge in [-0.1, -0.05) is 60.1 Å². The summed E-state index contributed by atoms with van der Waals surface area (Å²) in [6.07, 6.45) is 0. The molecule has 0 fully saturated rings. The molecule has 6 nitrogen and oxygen atoms in total. The molecule has 2 aromatic heterocycles. The number of carbonyl (C=O) groups is 1. The van der Waals surface area contributed by atoms with E-state index in [0.29, 0.717) is 27.5 Å². The molecule has 2 heterocycles. The Hall–Kier alpha value is -4.75. The number of amides is 1. The number of hydrogen-bond acceptors (Lipinski definition) is 3. The van der Waals surface area contributed by atoms with E-state index in [4.69, 9.17) is 16.7 Å². The Balaban J connectivity index is 1.38. The molecular weight excluding hydrogens is 525 g/mol. The summed E-state index contributed by atoms with van der Waals surface area (Å²) in [6, 6.07) is 30.7. The number of benzene rings is 4. The fourth-order valence-electron chi connectivity index (χ4n) is 4.77. The fraction of sp³-hybridized carbons (Fsp3) is 0.0938. The maximum Gasteiger partial charge on any atom is 0.254 e. The molecule has 8 heteroatoms. The minimum absolute atomic E-state index is 0.162. The molecule has 1 N–H and O–H groups in total. The van der Waals surface area contributed by atoms with Gasteiger partial charge in [-0.15, -0.1) is 0 Å². The molecule has 4 aromatic carbocycles. The molecule has 6 aromatic rings. The number of halogens is 2. The number of nitrogens with one attached hydrogen (secondary N) is 1. The molecule has 1 unspecified atom stereocenters. The molecule has 0 saturated carbocycles. The minimum Gasteiger partial charge on any atom is -0.333 e. The first-order valence-electron chi connectivity index (χ1n) is 12.8. The molecule has 1 atom stereocenters. The maximum absolute atomic E-state index is 13.7. The first-order valence-corrected chi connectivity index (χ1v) is 13.2. The van der Waals surface area contributed by atoms with Crippen LogP contribution in [0, 0.1) is 5.82 Å². The summed E-state index contributed by atoms with van der Waals surface area (Å²) < 4.78 is 15.4. The van der Waals surface area contributed by atoms with Crippen LogP contribution in [-0.2, 0) is 0 Å². The highest BCUT2D eigenvalue weighted by atomic mass is 35.5. The molecule has 0 bridgehead atoms. The lowest BCUT2D eigenvalue weighted by molar-refractivity contribution is 0.0740. The van der Waals surface area contributed by atoms with E-state index in [-0.39, 0.29) is 17.8 Å². The van der Waals surface area contributed by atoms with Crippen molar-refractivity contribution in [2.45, 2.75) is 13.0 Å². The van der Waals surface area contributed by atoms with Crippen molar-refractivity contribution in [3.05, 3.63) is 125 Å². The molecule has 0 radical (unpaired) electrons. The lowest BCUT2D eigenvalue weighted by Gasteiger charge is -2.23. The Morgan fingerprint density at radius 3 is 2.42 bits per heavy atom. The van der Waals surface area contributed by atoms with Crippen LogP contribution in [0.15, 0.2) is 103 Å². The van der Waals surface area contributed by atoms with Crippen molar-refractivity contribution in [3.63, 3.8) is 0 Å². The summed E-state index contributed by atoms with van der Waals surface area (Å²) in [4.78, 5) is 15.4. The molecule has 1 amide bonds. The lowest BCUT2D eigenvalue weighted by Crippen LogP contribution is -2.29. The van der Waals surface area contributed by atoms with Gasteiger partial charge < -0.3 is 4.90 Å². The first kappa shape index (κ1) is 25.5. The maximum atomic E-state index is 13.7. The van der Waals surface area contributed by atoms with Crippen LogP contribution in [0.5, 0.6) is 0 Å². The Bertz CT molecular complexity index is 1830. The molecule has 198 valence electrons. The van der Waals surface area contributed by atoms with Crippen molar-refractivity contribution < 1.29 is 9.18 Å². The van der Waals surface area contributed by atoms with Crippen molar-refractivity contribution in [2.75, 3.05) is 7.05 Å². The van der Waals surface area contributed by atoms with E-state index in [2.05, 4.69) is 10.2 Å². The molecular formula is C32H25ClFN5O. The van der Waals surface area contributed by atoms with Gasteiger partial charge in [0.2, 0.25) is 0 Å². The summed E-state index contributed by atoms with van der Waals surface area (Å²) in [5.41, 5.74) is 5.99. The summed E-state index contributed by atoms with van der Waals surface area (Å²) in [6.45, 7) is 1.94. The number of aromatic nitrogens is 4. The highest BCUT2D eigenvalue weighted by Crippen LogP contribution is 2.35. The van der Waals surface area contributed by atoms with E-state index >= 15 is 0 Å². The monoisotopic (exact) mass is 549 g/mol. The smallest absolute Gasteiger partial charge is 0.254 e. The van der Waals surface area contributed by atoms with Gasteiger partial charge in [0, 0.05) is 23.6 Å². The van der Waals surface area contributed by atoms with Crippen LogP contribution in [0.1, 0.15) is 29.0 Å². The van der Waals surface area contributed by atoms with Crippen molar-refractivity contribution >= 4 is 28.4 Å². The number of carbonyl (C=O) groups excluding carboxylic acids is 1. The predicted molar refractivity (Wildman–Crippen MR) is 156 cm³/mol. The zero-order chi connectivity index (χ0) is 27.8. The number of fused-ring (bicyclic) bond motifs is 1. The molecule has 0 aliphatic heterocycles. The van der Waals surface area contributed by atoms with Crippen LogP contribution in [0.3, 0.4) is 0 Å². The van der Waals surface area contributed by atoms with Crippen molar-refractivity contribution in [1.29, 1.82) is 0 Å². The van der Waals surface area contributed by atoms with Crippen LogP contribution < -0.4 is 0 Å². The van der Waals surface area contributed by atoms with Gasteiger partial charge in [-0.3, -0.25) is 9.89 Å². The average molecular weight is 550 g/mol. The van der Waals surface area contributed by atoms with Crippen molar-refractivity contribution in [2.24, 2.45) is 0 Å². The van der Waals surface area contributed by atoms with Gasteiger partial charge in [0.25, 0.3) is 5.91 Å². The zero-order valence-corrected chi connectivity index (χ0v) is 22.6. The van der Waals surface area contributed by atoms with Crippen LogP contribution in [0.25, 0.3) is 39.1 Å². The van der Waals surface area contributed by atoms with Gasteiger partial charge in [0.15, 0.2) is 0 Å². The lowest BCUT2D eigenvalue weighted by atomic mass is 10.0. The minimum atomic E-state index is -0.341. The Labute approximate surface area is 235 Å². The third-order valence-corrected chi connectivity index (χ3v) is 7.47. The topological polar surface area (TPSA) is 66.8 Å². The molecule has 0 aliphatic carbocycles. The van der Waals surface area contributed by atoms with Gasteiger partial charge in [-0.2, -0.15) is 10.2 Å². The average Bonchev–Trinajstić information content (AvgIpc) is 3.63. The third kappa shape index (κ3) is 4.65. The van der Waals surface area contributed by atoms with E-state index in [1.807, 2.05) is 79.7 Å². The van der Waals surface area contributed by atoms with Gasteiger partial charge in [-0.25, -0.2) is 9.07 Å². The normalized spacial score (nSPS) is 12.0. The number of hydrogen-bond donors (Lipinski definition) is 1. The van der Waals surface area contributed by atoms with Crippen LogP contribution in [0.4, 0.5) is 4.39 Å². The SMILES string of the molecule is CC(c1cc(-c2ccccc2)[nH]n1)N(C)C(=O)c1ccc2c(-c3ccccc3Cl)nn(-c3ccc(F)cc3)c2c1. The number of aromatic amines is 1. The van der Waals surface area contributed by atoms with Gasteiger partial charge >= 0.3 is 0 Å². The fourth-order valence-corrected chi connectivity index (χ4v) is 5.00. The number of H-pyrrole nitrogens is 1. The second-order valence-electron chi connectivity index (χ2n) is 9.61. The number of nitrogens with zero attached hydrogens (tertiary/aromatic N) is 4. The predicted octanol–water partition coefficient (Wildman–Crippen LogP) is 7.71.